The zero-order valence-electron chi connectivity index (χ0n) is 24.9. The van der Waals surface area contributed by atoms with E-state index in [2.05, 4.69) is 60.4 Å². The van der Waals surface area contributed by atoms with Gasteiger partial charge >= 0.3 is 5.76 Å². The van der Waals surface area contributed by atoms with Crippen LogP contribution in [0.1, 0.15) is 40.2 Å². The van der Waals surface area contributed by atoms with Gasteiger partial charge in [-0.1, -0.05) is 86.6 Å². The second-order valence-electron chi connectivity index (χ2n) is 12.1. The summed E-state index contributed by atoms with van der Waals surface area (Å²) in [5.41, 5.74) is 1.10. The molecule has 6 rings (SSSR count). The van der Waals surface area contributed by atoms with Crippen LogP contribution in [0.4, 0.5) is 10.1 Å². The van der Waals surface area contributed by atoms with E-state index in [-0.39, 0.29) is 41.0 Å². The SMILES string of the molecule is C[C@@H]1CN(c2c(CO[Si](c3ccccc3)(c3ccccc3)C(C)(C)C)cc3c(-c4n[nH]c(=O)o4)noc3c2F)C[C@H](C)O1. The topological polar surface area (TPSA) is 107 Å². The number of aromatic amines is 1. The first-order valence-corrected chi connectivity index (χ1v) is 16.3. The first kappa shape index (κ1) is 29.0. The molecule has 2 atom stereocenters. The number of benzene rings is 3. The Labute approximate surface area is 249 Å². The Hall–Kier alpha value is -4.06. The molecule has 0 saturated carbocycles. The quantitative estimate of drug-likeness (QED) is 0.260. The van der Waals surface area contributed by atoms with Crippen molar-refractivity contribution in [2.45, 2.75) is 58.5 Å². The summed E-state index contributed by atoms with van der Waals surface area (Å²) < 4.78 is 40.5. The minimum atomic E-state index is -2.96. The predicted octanol–water partition coefficient (Wildman–Crippen LogP) is 5.00. The van der Waals surface area contributed by atoms with E-state index in [1.807, 2.05) is 61.2 Å². The lowest BCUT2D eigenvalue weighted by Gasteiger charge is -2.43. The first-order valence-electron chi connectivity index (χ1n) is 14.4. The van der Waals surface area contributed by atoms with Crippen molar-refractivity contribution in [1.82, 2.24) is 15.4 Å². The van der Waals surface area contributed by atoms with E-state index in [4.69, 9.17) is 18.1 Å². The molecule has 0 amide bonds. The van der Waals surface area contributed by atoms with Crippen molar-refractivity contribution in [3.8, 4) is 11.6 Å². The van der Waals surface area contributed by atoms with E-state index in [1.54, 1.807) is 0 Å². The highest BCUT2D eigenvalue weighted by atomic mass is 28.4. The van der Waals surface area contributed by atoms with Gasteiger partial charge in [0.2, 0.25) is 5.58 Å². The third kappa shape index (κ3) is 5.21. The van der Waals surface area contributed by atoms with E-state index in [0.29, 0.717) is 29.7 Å². The Balaban J connectivity index is 1.54. The standard InChI is InChI=1S/C32H35FN4O5Si/c1-20-17-37(18-21(2)40-20)28-22(16-25-27(30-34-35-31(38)41-30)36-42-29(25)26(28)33)19-39-43(32(3,4)5,23-12-8-6-9-13-23)24-14-10-7-11-15-24/h6-16,20-21H,17-19H2,1-5H3,(H,35,38)/t20-,21+. The molecular formula is C32H35FN4O5Si. The molecule has 0 aliphatic carbocycles. The van der Waals surface area contributed by atoms with Crippen LogP contribution in [0.25, 0.3) is 22.6 Å². The van der Waals surface area contributed by atoms with Crippen molar-refractivity contribution in [1.29, 1.82) is 0 Å². The maximum atomic E-state index is 16.6. The summed E-state index contributed by atoms with van der Waals surface area (Å²) in [5.74, 6) is -1.38. The Bertz CT molecular complexity index is 1730. The van der Waals surface area contributed by atoms with Gasteiger partial charge in [0, 0.05) is 18.7 Å². The maximum Gasteiger partial charge on any atom is 0.434 e. The molecule has 1 N–H and O–H groups in total. The first-order chi connectivity index (χ1) is 20.6. The molecule has 11 heteroatoms. The lowest BCUT2D eigenvalue weighted by Crippen LogP contribution is -2.66. The van der Waals surface area contributed by atoms with Gasteiger partial charge in [-0.25, -0.2) is 14.3 Å². The largest absolute Gasteiger partial charge is 0.434 e. The number of hydrogen-bond acceptors (Lipinski definition) is 8. The third-order valence-corrected chi connectivity index (χ3v) is 13.0. The summed E-state index contributed by atoms with van der Waals surface area (Å²) >= 11 is 0. The highest BCUT2D eigenvalue weighted by Crippen LogP contribution is 2.41. The molecule has 9 nitrogen and oxygen atoms in total. The zero-order chi connectivity index (χ0) is 30.4. The Morgan fingerprint density at radius 3 is 2.16 bits per heavy atom. The molecule has 43 heavy (non-hydrogen) atoms. The monoisotopic (exact) mass is 602 g/mol. The van der Waals surface area contributed by atoms with Gasteiger partial charge in [-0.15, -0.1) is 5.10 Å². The van der Waals surface area contributed by atoms with Crippen LogP contribution >= 0.6 is 0 Å². The fourth-order valence-corrected chi connectivity index (χ4v) is 10.9. The summed E-state index contributed by atoms with van der Waals surface area (Å²) in [6.07, 6.45) is -0.208. The normalized spacial score (nSPS) is 18.0. The summed E-state index contributed by atoms with van der Waals surface area (Å²) in [6.45, 7) is 11.7. The number of hydrogen-bond donors (Lipinski definition) is 1. The van der Waals surface area contributed by atoms with E-state index in [9.17, 15) is 4.79 Å². The van der Waals surface area contributed by atoms with E-state index < -0.39 is 19.9 Å². The molecule has 0 bridgehead atoms. The molecule has 1 aliphatic rings. The van der Waals surface area contributed by atoms with Crippen molar-refractivity contribution >= 4 is 35.3 Å². The summed E-state index contributed by atoms with van der Waals surface area (Å²) in [4.78, 5) is 13.7. The molecule has 0 radical (unpaired) electrons. The molecule has 5 aromatic rings. The fraction of sp³-hybridized carbons (Fsp3) is 0.344. The highest BCUT2D eigenvalue weighted by Gasteiger charge is 2.50. The second kappa shape index (κ2) is 11.2. The minimum Gasteiger partial charge on any atom is -0.403 e. The molecule has 1 fully saturated rings. The van der Waals surface area contributed by atoms with Crippen molar-refractivity contribution in [3.63, 3.8) is 0 Å². The van der Waals surface area contributed by atoms with Crippen LogP contribution in [-0.2, 0) is 15.8 Å². The molecule has 2 aromatic heterocycles. The van der Waals surface area contributed by atoms with Crippen LogP contribution < -0.4 is 21.0 Å². The number of morpholine rings is 1. The van der Waals surface area contributed by atoms with E-state index in [0.717, 1.165) is 10.4 Å². The average Bonchev–Trinajstić information content (AvgIpc) is 3.59. The van der Waals surface area contributed by atoms with Gasteiger partial charge in [-0.3, -0.25) is 0 Å². The van der Waals surface area contributed by atoms with Gasteiger partial charge in [-0.05, 0) is 35.3 Å². The maximum absolute atomic E-state index is 16.6. The van der Waals surface area contributed by atoms with Crippen LogP contribution in [0.15, 0.2) is 80.5 Å². The van der Waals surface area contributed by atoms with Crippen molar-refractivity contribution in [3.05, 3.63) is 88.7 Å². The van der Waals surface area contributed by atoms with Crippen molar-refractivity contribution in [2.75, 3.05) is 18.0 Å². The number of nitrogens with one attached hydrogen (secondary N) is 1. The number of H-pyrrole nitrogens is 1. The fourth-order valence-electron chi connectivity index (χ4n) is 6.33. The van der Waals surface area contributed by atoms with Gasteiger partial charge < -0.3 is 23.0 Å². The van der Waals surface area contributed by atoms with Gasteiger partial charge in [0.1, 0.15) is 0 Å². The van der Waals surface area contributed by atoms with Crippen LogP contribution in [0.2, 0.25) is 5.04 Å². The zero-order valence-corrected chi connectivity index (χ0v) is 25.9. The van der Waals surface area contributed by atoms with Gasteiger partial charge in [0.25, 0.3) is 14.2 Å². The summed E-state index contributed by atoms with van der Waals surface area (Å²) in [6, 6.07) is 22.4. The molecule has 1 aliphatic heterocycles. The van der Waals surface area contributed by atoms with Gasteiger partial charge in [0.05, 0.1) is 29.9 Å². The van der Waals surface area contributed by atoms with Gasteiger partial charge in [-0.2, -0.15) is 0 Å². The number of aromatic nitrogens is 3. The van der Waals surface area contributed by atoms with E-state index in [1.165, 1.54) is 0 Å². The van der Waals surface area contributed by atoms with Crippen molar-refractivity contribution in [2.24, 2.45) is 0 Å². The van der Waals surface area contributed by atoms with Crippen LogP contribution in [0.5, 0.6) is 0 Å². The van der Waals surface area contributed by atoms with Crippen LogP contribution in [0, 0.1) is 5.82 Å². The highest BCUT2D eigenvalue weighted by molar-refractivity contribution is 6.99. The summed E-state index contributed by atoms with van der Waals surface area (Å²) in [5, 5.41) is 12.5. The summed E-state index contributed by atoms with van der Waals surface area (Å²) in [7, 11) is -2.96. The number of rotatable bonds is 7. The minimum absolute atomic E-state index is 0.0448. The number of nitrogens with zero attached hydrogens (tertiary/aromatic N) is 3. The predicted molar refractivity (Wildman–Crippen MR) is 165 cm³/mol. The van der Waals surface area contributed by atoms with Gasteiger partial charge in [0.15, 0.2) is 11.5 Å². The second-order valence-corrected chi connectivity index (χ2v) is 16.4. The molecule has 0 unspecified atom stereocenters. The molecular weight excluding hydrogens is 567 g/mol. The smallest absolute Gasteiger partial charge is 0.403 e. The Morgan fingerprint density at radius 1 is 1.02 bits per heavy atom. The molecule has 224 valence electrons. The molecule has 1 saturated heterocycles. The van der Waals surface area contributed by atoms with E-state index >= 15 is 4.39 Å². The Kier molecular flexibility index (Phi) is 7.57. The van der Waals surface area contributed by atoms with Crippen molar-refractivity contribution < 1.29 is 22.5 Å². The third-order valence-electron chi connectivity index (χ3n) is 8.00. The lowest BCUT2D eigenvalue weighted by atomic mass is 10.1. The number of ether oxygens (including phenoxy) is 1. The molecule has 3 heterocycles. The van der Waals surface area contributed by atoms with Crippen LogP contribution in [0.3, 0.4) is 0 Å². The van der Waals surface area contributed by atoms with Crippen LogP contribution in [-0.4, -0.2) is 49.0 Å². The lowest BCUT2D eigenvalue weighted by molar-refractivity contribution is -0.00548. The number of halogens is 1. The Morgan fingerprint density at radius 2 is 1.63 bits per heavy atom. The molecule has 0 spiro atoms. The number of fused-ring (bicyclic) bond motifs is 1. The molecule has 3 aromatic carbocycles. The average molecular weight is 603 g/mol. The number of anilines is 1.